The van der Waals surface area contributed by atoms with Gasteiger partial charge in [0.2, 0.25) is 0 Å². The fourth-order valence-corrected chi connectivity index (χ4v) is 3.23. The van der Waals surface area contributed by atoms with Gasteiger partial charge in [0.05, 0.1) is 22.6 Å². The Balaban J connectivity index is 2.38. The number of nitrogens with one attached hydrogen (secondary N) is 1. The third kappa shape index (κ3) is 3.90. The summed E-state index contributed by atoms with van der Waals surface area (Å²) in [6, 6.07) is 5.33. The number of anilines is 1. The van der Waals surface area contributed by atoms with Gasteiger partial charge in [-0.25, -0.2) is 12.8 Å². The molecule has 0 spiro atoms. The molecule has 0 saturated carbocycles. The average molecular weight is 384 g/mol. The van der Waals surface area contributed by atoms with Crippen molar-refractivity contribution in [2.45, 2.75) is 11.1 Å². The average Bonchev–Trinajstić information content (AvgIpc) is 2.47. The maximum absolute atomic E-state index is 13.2. The minimum Gasteiger partial charge on any atom is -0.495 e. The third-order valence-electron chi connectivity index (χ3n) is 2.96. The summed E-state index contributed by atoms with van der Waals surface area (Å²) in [4.78, 5) is -0.286. The molecular formula is C14H10ClF4NO3S. The molecule has 0 aromatic heterocycles. The van der Waals surface area contributed by atoms with Crippen LogP contribution >= 0.6 is 11.6 Å². The maximum atomic E-state index is 13.2. The Morgan fingerprint density at radius 2 is 1.79 bits per heavy atom. The van der Waals surface area contributed by atoms with E-state index in [1.807, 2.05) is 4.72 Å². The van der Waals surface area contributed by atoms with Crippen molar-refractivity contribution < 1.29 is 30.7 Å². The van der Waals surface area contributed by atoms with Crippen molar-refractivity contribution in [1.82, 2.24) is 0 Å². The molecule has 0 atom stereocenters. The van der Waals surface area contributed by atoms with Crippen LogP contribution in [0.2, 0.25) is 5.02 Å². The molecule has 10 heteroatoms. The second-order valence-electron chi connectivity index (χ2n) is 4.59. The highest BCUT2D eigenvalue weighted by Gasteiger charge is 2.34. The minimum atomic E-state index is -4.95. The first-order valence-corrected chi connectivity index (χ1v) is 8.14. The van der Waals surface area contributed by atoms with Crippen LogP contribution in [-0.2, 0) is 16.2 Å². The molecule has 0 unspecified atom stereocenters. The summed E-state index contributed by atoms with van der Waals surface area (Å²) >= 11 is 5.83. The quantitative estimate of drug-likeness (QED) is 0.800. The summed E-state index contributed by atoms with van der Waals surface area (Å²) in [5, 5.41) is 0.00969. The number of ether oxygens (including phenoxy) is 1. The third-order valence-corrected chi connectivity index (χ3v) is 4.63. The van der Waals surface area contributed by atoms with Gasteiger partial charge >= 0.3 is 6.18 Å². The summed E-state index contributed by atoms with van der Waals surface area (Å²) in [5.41, 5.74) is -2.01. The number of hydrogen-bond donors (Lipinski definition) is 1. The zero-order valence-electron chi connectivity index (χ0n) is 12.0. The van der Waals surface area contributed by atoms with Gasteiger partial charge in [-0.05, 0) is 36.4 Å². The lowest BCUT2D eigenvalue weighted by Gasteiger charge is -2.13. The van der Waals surface area contributed by atoms with Crippen LogP contribution in [0.3, 0.4) is 0 Å². The Morgan fingerprint density at radius 3 is 2.33 bits per heavy atom. The van der Waals surface area contributed by atoms with E-state index in [1.54, 1.807) is 0 Å². The first-order chi connectivity index (χ1) is 11.0. The molecule has 24 heavy (non-hydrogen) atoms. The Morgan fingerprint density at radius 1 is 1.12 bits per heavy atom. The van der Waals surface area contributed by atoms with E-state index in [1.165, 1.54) is 19.2 Å². The van der Waals surface area contributed by atoms with Crippen molar-refractivity contribution in [3.05, 3.63) is 52.8 Å². The van der Waals surface area contributed by atoms with Crippen LogP contribution in [0, 0.1) is 5.82 Å². The number of hydrogen-bond acceptors (Lipinski definition) is 3. The van der Waals surface area contributed by atoms with Gasteiger partial charge in [-0.1, -0.05) is 11.6 Å². The van der Waals surface area contributed by atoms with Gasteiger partial charge in [0, 0.05) is 5.69 Å². The molecule has 2 aromatic carbocycles. The number of alkyl halides is 3. The standard InChI is InChI=1S/C14H10ClF4NO3S/c1-23-13-5-3-9(7-11(13)15)24(21,22)20-8-2-4-12(16)10(6-8)14(17,18)19/h2-7,20H,1H3. The van der Waals surface area contributed by atoms with Crippen LogP contribution in [0.25, 0.3) is 0 Å². The van der Waals surface area contributed by atoms with E-state index in [0.717, 1.165) is 12.1 Å². The zero-order chi connectivity index (χ0) is 18.1. The fourth-order valence-electron chi connectivity index (χ4n) is 1.83. The molecule has 0 heterocycles. The first kappa shape index (κ1) is 18.3. The molecule has 0 bridgehead atoms. The van der Waals surface area contributed by atoms with Crippen LogP contribution in [-0.4, -0.2) is 15.5 Å². The minimum absolute atomic E-state index is 0.00969. The second-order valence-corrected chi connectivity index (χ2v) is 6.68. The van der Waals surface area contributed by atoms with E-state index in [4.69, 9.17) is 16.3 Å². The van der Waals surface area contributed by atoms with E-state index in [2.05, 4.69) is 0 Å². The molecule has 4 nitrogen and oxygen atoms in total. The van der Waals surface area contributed by atoms with E-state index >= 15 is 0 Å². The van der Waals surface area contributed by atoms with E-state index in [9.17, 15) is 26.0 Å². The van der Waals surface area contributed by atoms with Gasteiger partial charge in [0.15, 0.2) is 0 Å². The summed E-state index contributed by atoms with van der Waals surface area (Å²) in [7, 11) is -2.88. The number of methoxy groups -OCH3 is 1. The SMILES string of the molecule is COc1ccc(S(=O)(=O)Nc2ccc(F)c(C(F)(F)F)c2)cc1Cl. The van der Waals surface area contributed by atoms with Crippen molar-refractivity contribution in [2.24, 2.45) is 0 Å². The molecule has 0 saturated heterocycles. The van der Waals surface area contributed by atoms with Gasteiger partial charge in [0.1, 0.15) is 11.6 Å². The lowest BCUT2D eigenvalue weighted by molar-refractivity contribution is -0.139. The predicted octanol–water partition coefficient (Wildman–Crippen LogP) is 4.31. The van der Waals surface area contributed by atoms with Crippen molar-refractivity contribution in [2.75, 3.05) is 11.8 Å². The first-order valence-electron chi connectivity index (χ1n) is 6.27. The van der Waals surface area contributed by atoms with Crippen LogP contribution in [0.15, 0.2) is 41.3 Å². The number of rotatable bonds is 4. The van der Waals surface area contributed by atoms with Crippen LogP contribution in [0.5, 0.6) is 5.75 Å². The summed E-state index contributed by atoms with van der Waals surface area (Å²) < 4.78 is 82.5. The molecule has 0 fully saturated rings. The van der Waals surface area contributed by atoms with Crippen LogP contribution in [0.1, 0.15) is 5.56 Å². The van der Waals surface area contributed by atoms with E-state index in [0.29, 0.717) is 12.1 Å². The Hall–Kier alpha value is -2.00. The molecule has 130 valence electrons. The van der Waals surface area contributed by atoms with Gasteiger partial charge in [-0.2, -0.15) is 13.2 Å². The molecule has 2 rings (SSSR count). The predicted molar refractivity (Wildman–Crippen MR) is 80.2 cm³/mol. The summed E-state index contributed by atoms with van der Waals surface area (Å²) in [6.45, 7) is 0. The maximum Gasteiger partial charge on any atom is 0.419 e. The fraction of sp³-hybridized carbons (Fsp3) is 0.143. The summed E-state index contributed by atoms with van der Waals surface area (Å²) in [6.07, 6.45) is -4.95. The van der Waals surface area contributed by atoms with E-state index < -0.39 is 33.3 Å². The van der Waals surface area contributed by atoms with Gasteiger partial charge in [-0.3, -0.25) is 4.72 Å². The van der Waals surface area contributed by atoms with Crippen molar-refractivity contribution >= 4 is 27.3 Å². The molecular weight excluding hydrogens is 374 g/mol. The van der Waals surface area contributed by atoms with E-state index in [-0.39, 0.29) is 15.7 Å². The number of benzene rings is 2. The number of halogens is 5. The van der Waals surface area contributed by atoms with Crippen LogP contribution < -0.4 is 9.46 Å². The molecule has 0 amide bonds. The molecule has 0 radical (unpaired) electrons. The number of sulfonamides is 1. The van der Waals surface area contributed by atoms with Crippen molar-refractivity contribution in [3.63, 3.8) is 0 Å². The van der Waals surface area contributed by atoms with Gasteiger partial charge in [-0.15, -0.1) is 0 Å². The lowest BCUT2D eigenvalue weighted by Crippen LogP contribution is -2.15. The van der Waals surface area contributed by atoms with Crippen molar-refractivity contribution in [3.8, 4) is 5.75 Å². The normalized spacial score (nSPS) is 12.1. The zero-order valence-corrected chi connectivity index (χ0v) is 13.6. The highest BCUT2D eigenvalue weighted by atomic mass is 35.5. The highest BCUT2D eigenvalue weighted by molar-refractivity contribution is 7.92. The second kappa shape index (κ2) is 6.48. The molecule has 0 aliphatic heterocycles. The van der Waals surface area contributed by atoms with Gasteiger partial charge in [0.25, 0.3) is 10.0 Å². The van der Waals surface area contributed by atoms with Gasteiger partial charge < -0.3 is 4.74 Å². The van der Waals surface area contributed by atoms with Crippen LogP contribution in [0.4, 0.5) is 23.2 Å². The molecule has 1 N–H and O–H groups in total. The monoisotopic (exact) mass is 383 g/mol. The Labute approximate surface area is 140 Å². The largest absolute Gasteiger partial charge is 0.495 e. The Bertz CT molecular complexity index is 869. The Kier molecular flexibility index (Phi) is 4.95. The molecule has 2 aromatic rings. The topological polar surface area (TPSA) is 55.4 Å². The summed E-state index contributed by atoms with van der Waals surface area (Å²) in [5.74, 6) is -1.27. The smallest absolute Gasteiger partial charge is 0.419 e. The highest BCUT2D eigenvalue weighted by Crippen LogP contribution is 2.34. The molecule has 0 aliphatic carbocycles. The van der Waals surface area contributed by atoms with Crippen molar-refractivity contribution in [1.29, 1.82) is 0 Å². The molecule has 0 aliphatic rings. The lowest BCUT2D eigenvalue weighted by atomic mass is 10.2.